The van der Waals surface area contributed by atoms with E-state index in [1.165, 1.54) is 12.8 Å². The average molecular weight is 292 g/mol. The molecule has 1 N–H and O–H groups in total. The van der Waals surface area contributed by atoms with Crippen LogP contribution in [0.3, 0.4) is 0 Å². The number of fused-ring (bicyclic) bond motifs is 1. The Labute approximate surface area is 109 Å². The third-order valence-electron chi connectivity index (χ3n) is 3.65. The van der Waals surface area contributed by atoms with Gasteiger partial charge in [0, 0.05) is 33.1 Å². The minimum absolute atomic E-state index is 0.164. The molecule has 0 bridgehead atoms. The first-order valence-electron chi connectivity index (χ1n) is 5.97. The minimum Gasteiger partial charge on any atom is -0.360 e. The van der Waals surface area contributed by atoms with E-state index in [2.05, 4.69) is 27.8 Å². The van der Waals surface area contributed by atoms with Gasteiger partial charge < -0.3 is 4.98 Å². The number of ketones is 1. The Balaban J connectivity index is 2.02. The van der Waals surface area contributed by atoms with Gasteiger partial charge in [-0.05, 0) is 30.9 Å². The zero-order valence-electron chi connectivity index (χ0n) is 9.66. The van der Waals surface area contributed by atoms with Gasteiger partial charge in [-0.2, -0.15) is 0 Å². The number of benzene rings is 1. The predicted octanol–water partition coefficient (Wildman–Crippen LogP) is 4.16. The van der Waals surface area contributed by atoms with Gasteiger partial charge in [0.05, 0.1) is 0 Å². The summed E-state index contributed by atoms with van der Waals surface area (Å²) in [6, 6.07) is 5.99. The molecule has 1 unspecified atom stereocenters. The molecule has 2 aromatic rings. The van der Waals surface area contributed by atoms with Crippen molar-refractivity contribution >= 4 is 32.6 Å². The predicted molar refractivity (Wildman–Crippen MR) is 72.2 cm³/mol. The lowest BCUT2D eigenvalue weighted by molar-refractivity contribution is 0.0918. The van der Waals surface area contributed by atoms with Gasteiger partial charge in [0.1, 0.15) is 0 Å². The first kappa shape index (κ1) is 11.0. The van der Waals surface area contributed by atoms with Crippen molar-refractivity contribution in [2.45, 2.75) is 19.8 Å². The molecule has 1 aromatic heterocycles. The molecule has 17 heavy (non-hydrogen) atoms. The van der Waals surface area contributed by atoms with Crippen LogP contribution in [0.25, 0.3) is 10.9 Å². The van der Waals surface area contributed by atoms with E-state index < -0.39 is 0 Å². The quantitative estimate of drug-likeness (QED) is 0.847. The van der Waals surface area contributed by atoms with E-state index in [0.717, 1.165) is 20.9 Å². The van der Waals surface area contributed by atoms with Crippen LogP contribution in [-0.4, -0.2) is 10.8 Å². The van der Waals surface area contributed by atoms with Gasteiger partial charge in [0.2, 0.25) is 0 Å². The molecular weight excluding hydrogens is 278 g/mol. The number of carbonyl (C=O) groups excluding carboxylic acids is 1. The highest BCUT2D eigenvalue weighted by molar-refractivity contribution is 9.10. The number of hydrogen-bond donors (Lipinski definition) is 1. The fourth-order valence-electron chi connectivity index (χ4n) is 2.36. The third kappa shape index (κ3) is 1.93. The van der Waals surface area contributed by atoms with Crippen LogP contribution < -0.4 is 0 Å². The molecule has 0 aliphatic heterocycles. The molecule has 0 spiro atoms. The summed E-state index contributed by atoms with van der Waals surface area (Å²) in [5, 5.41) is 1.03. The molecule has 0 saturated heterocycles. The number of aromatic nitrogens is 1. The summed E-state index contributed by atoms with van der Waals surface area (Å²) in [5.74, 6) is 1.06. The standard InChI is InChI=1S/C14H14BrNO/c1-8(9-2-3-9)14(17)12-7-16-13-6-10(15)4-5-11(12)13/h4-9,16H,2-3H2,1H3. The first-order valence-corrected chi connectivity index (χ1v) is 6.77. The van der Waals surface area contributed by atoms with Gasteiger partial charge in [-0.25, -0.2) is 0 Å². The second-order valence-corrected chi connectivity index (χ2v) is 5.80. The molecule has 1 aliphatic rings. The maximum atomic E-state index is 12.4. The van der Waals surface area contributed by atoms with Crippen LogP contribution in [0.2, 0.25) is 0 Å². The summed E-state index contributed by atoms with van der Waals surface area (Å²) in [6.07, 6.45) is 4.26. The smallest absolute Gasteiger partial charge is 0.168 e. The second kappa shape index (κ2) is 3.98. The molecule has 1 atom stereocenters. The third-order valence-corrected chi connectivity index (χ3v) is 4.15. The topological polar surface area (TPSA) is 32.9 Å². The molecule has 2 nitrogen and oxygen atoms in total. The number of rotatable bonds is 3. The van der Waals surface area contributed by atoms with Gasteiger partial charge in [0.15, 0.2) is 5.78 Å². The van der Waals surface area contributed by atoms with Crippen LogP contribution in [0.4, 0.5) is 0 Å². The Bertz CT molecular complexity index is 583. The molecule has 1 saturated carbocycles. The van der Waals surface area contributed by atoms with E-state index in [1.807, 2.05) is 24.4 Å². The second-order valence-electron chi connectivity index (χ2n) is 4.88. The number of Topliss-reactive ketones (excluding diaryl/α,β-unsaturated/α-hetero) is 1. The van der Waals surface area contributed by atoms with Gasteiger partial charge >= 0.3 is 0 Å². The summed E-state index contributed by atoms with van der Waals surface area (Å²) < 4.78 is 1.03. The normalized spacial score (nSPS) is 17.3. The van der Waals surface area contributed by atoms with Crippen molar-refractivity contribution in [1.29, 1.82) is 0 Å². The average Bonchev–Trinajstić information content (AvgIpc) is 3.08. The van der Waals surface area contributed by atoms with E-state index in [1.54, 1.807) is 0 Å². The van der Waals surface area contributed by atoms with Crippen molar-refractivity contribution in [2.75, 3.05) is 0 Å². The SMILES string of the molecule is CC(C(=O)c1c[nH]c2cc(Br)ccc12)C1CC1. The zero-order chi connectivity index (χ0) is 12.0. The molecule has 3 heteroatoms. The monoisotopic (exact) mass is 291 g/mol. The van der Waals surface area contributed by atoms with Gasteiger partial charge in [-0.3, -0.25) is 4.79 Å². The number of H-pyrrole nitrogens is 1. The Morgan fingerprint density at radius 3 is 2.94 bits per heavy atom. The van der Waals surface area contributed by atoms with E-state index in [4.69, 9.17) is 0 Å². The summed E-state index contributed by atoms with van der Waals surface area (Å²) >= 11 is 3.44. The van der Waals surface area contributed by atoms with Crippen molar-refractivity contribution in [3.05, 3.63) is 34.4 Å². The Kier molecular flexibility index (Phi) is 2.58. The van der Waals surface area contributed by atoms with E-state index in [9.17, 15) is 4.79 Å². The molecule has 1 fully saturated rings. The summed E-state index contributed by atoms with van der Waals surface area (Å²) in [4.78, 5) is 15.5. The molecular formula is C14H14BrNO. The van der Waals surface area contributed by atoms with Crippen molar-refractivity contribution in [2.24, 2.45) is 11.8 Å². The highest BCUT2D eigenvalue weighted by Gasteiger charge is 2.33. The van der Waals surface area contributed by atoms with Crippen molar-refractivity contribution < 1.29 is 4.79 Å². The lowest BCUT2D eigenvalue weighted by Gasteiger charge is -2.07. The Morgan fingerprint density at radius 1 is 1.47 bits per heavy atom. The molecule has 88 valence electrons. The van der Waals surface area contributed by atoms with E-state index in [0.29, 0.717) is 5.92 Å². The summed E-state index contributed by atoms with van der Waals surface area (Å²) in [6.45, 7) is 2.05. The largest absolute Gasteiger partial charge is 0.360 e. The zero-order valence-corrected chi connectivity index (χ0v) is 11.3. The fourth-order valence-corrected chi connectivity index (χ4v) is 2.72. The van der Waals surface area contributed by atoms with Crippen LogP contribution in [0, 0.1) is 11.8 Å². The Morgan fingerprint density at radius 2 is 2.24 bits per heavy atom. The lowest BCUT2D eigenvalue weighted by atomic mass is 9.95. The Hall–Kier alpha value is -1.09. The van der Waals surface area contributed by atoms with Gasteiger partial charge in [-0.15, -0.1) is 0 Å². The van der Waals surface area contributed by atoms with Crippen LogP contribution in [0.5, 0.6) is 0 Å². The first-order chi connectivity index (χ1) is 8.16. The number of nitrogens with one attached hydrogen (secondary N) is 1. The molecule has 1 heterocycles. The van der Waals surface area contributed by atoms with Crippen LogP contribution in [0.15, 0.2) is 28.9 Å². The number of carbonyl (C=O) groups is 1. The van der Waals surface area contributed by atoms with Crippen LogP contribution in [-0.2, 0) is 0 Å². The lowest BCUT2D eigenvalue weighted by Crippen LogP contribution is -2.12. The maximum Gasteiger partial charge on any atom is 0.168 e. The van der Waals surface area contributed by atoms with Crippen molar-refractivity contribution in [1.82, 2.24) is 4.98 Å². The summed E-state index contributed by atoms with van der Waals surface area (Å²) in [5.41, 5.74) is 1.86. The minimum atomic E-state index is 0.164. The molecule has 0 amide bonds. The molecule has 0 radical (unpaired) electrons. The highest BCUT2D eigenvalue weighted by atomic mass is 79.9. The van der Waals surface area contributed by atoms with Crippen molar-refractivity contribution in [3.63, 3.8) is 0 Å². The molecule has 1 aliphatic carbocycles. The molecule has 1 aromatic carbocycles. The number of halogens is 1. The fraction of sp³-hybridized carbons (Fsp3) is 0.357. The van der Waals surface area contributed by atoms with Crippen molar-refractivity contribution in [3.8, 4) is 0 Å². The van der Waals surface area contributed by atoms with E-state index >= 15 is 0 Å². The van der Waals surface area contributed by atoms with Crippen LogP contribution in [0.1, 0.15) is 30.1 Å². The van der Waals surface area contributed by atoms with Gasteiger partial charge in [-0.1, -0.05) is 28.9 Å². The number of hydrogen-bond acceptors (Lipinski definition) is 1. The maximum absolute atomic E-state index is 12.4. The van der Waals surface area contributed by atoms with Gasteiger partial charge in [0.25, 0.3) is 0 Å². The summed E-state index contributed by atoms with van der Waals surface area (Å²) in [7, 11) is 0. The number of aromatic amines is 1. The highest BCUT2D eigenvalue weighted by Crippen LogP contribution is 2.39. The van der Waals surface area contributed by atoms with Crippen LogP contribution >= 0.6 is 15.9 Å². The van der Waals surface area contributed by atoms with E-state index in [-0.39, 0.29) is 11.7 Å². The molecule has 3 rings (SSSR count).